The Morgan fingerprint density at radius 1 is 1.05 bits per heavy atom. The van der Waals surface area contributed by atoms with Crippen molar-refractivity contribution < 1.29 is 0 Å². The summed E-state index contributed by atoms with van der Waals surface area (Å²) >= 11 is 0. The highest BCUT2D eigenvalue weighted by atomic mass is 15.3. The molecule has 1 aliphatic heterocycles. The predicted octanol–water partition coefficient (Wildman–Crippen LogP) is 3.75. The Labute approximate surface area is 129 Å². The molecule has 1 aliphatic carbocycles. The summed E-state index contributed by atoms with van der Waals surface area (Å²) in [5.74, 6) is 0. The summed E-state index contributed by atoms with van der Waals surface area (Å²) in [6, 6.07) is 9.25. The van der Waals surface area contributed by atoms with Crippen molar-refractivity contribution in [2.24, 2.45) is 0 Å². The van der Waals surface area contributed by atoms with Gasteiger partial charge in [0, 0.05) is 30.7 Å². The number of hydrogen-bond acceptors (Lipinski definition) is 2. The molecule has 1 heterocycles. The van der Waals surface area contributed by atoms with E-state index in [0.29, 0.717) is 5.54 Å². The molecule has 1 aromatic carbocycles. The standard InChI is InChI=1S/C19H30N2/c1-4-16-7-9-17(10-8-16)13-21-15-18(2,3)20-14-19(21)11-5-6-12-19/h7-10,20H,4-6,11-15H2,1-3H3. The zero-order valence-corrected chi connectivity index (χ0v) is 13.9. The summed E-state index contributed by atoms with van der Waals surface area (Å²) in [5, 5.41) is 3.78. The number of rotatable bonds is 3. The lowest BCUT2D eigenvalue weighted by molar-refractivity contribution is 0.0122. The van der Waals surface area contributed by atoms with Crippen LogP contribution in [-0.4, -0.2) is 29.1 Å². The molecule has 2 aliphatic rings. The molecule has 0 amide bonds. The average molecular weight is 286 g/mol. The SMILES string of the molecule is CCc1ccc(CN2CC(C)(C)NCC23CCCC3)cc1. The van der Waals surface area contributed by atoms with E-state index in [1.54, 1.807) is 0 Å². The summed E-state index contributed by atoms with van der Waals surface area (Å²) < 4.78 is 0. The van der Waals surface area contributed by atoms with Gasteiger partial charge in [0.1, 0.15) is 0 Å². The van der Waals surface area contributed by atoms with Crippen LogP contribution in [0.15, 0.2) is 24.3 Å². The Hall–Kier alpha value is -0.860. The van der Waals surface area contributed by atoms with Crippen LogP contribution >= 0.6 is 0 Å². The van der Waals surface area contributed by atoms with E-state index in [1.165, 1.54) is 36.8 Å². The first kappa shape index (κ1) is 15.1. The molecule has 1 saturated carbocycles. The van der Waals surface area contributed by atoms with Crippen molar-refractivity contribution in [3.8, 4) is 0 Å². The van der Waals surface area contributed by atoms with Gasteiger partial charge in [0.05, 0.1) is 0 Å². The minimum atomic E-state index is 0.233. The van der Waals surface area contributed by atoms with E-state index in [4.69, 9.17) is 0 Å². The molecule has 0 aromatic heterocycles. The minimum absolute atomic E-state index is 0.233. The van der Waals surface area contributed by atoms with Crippen molar-refractivity contribution in [1.29, 1.82) is 0 Å². The second kappa shape index (κ2) is 5.73. The zero-order valence-electron chi connectivity index (χ0n) is 13.9. The van der Waals surface area contributed by atoms with Crippen molar-refractivity contribution in [1.82, 2.24) is 10.2 Å². The second-order valence-corrected chi connectivity index (χ2v) is 7.69. The average Bonchev–Trinajstić information content (AvgIpc) is 2.94. The third-order valence-corrected chi connectivity index (χ3v) is 5.49. The topological polar surface area (TPSA) is 15.3 Å². The van der Waals surface area contributed by atoms with E-state index < -0.39 is 0 Å². The fourth-order valence-corrected chi connectivity index (χ4v) is 4.07. The minimum Gasteiger partial charge on any atom is -0.309 e. The first-order valence-electron chi connectivity index (χ1n) is 8.61. The summed E-state index contributed by atoms with van der Waals surface area (Å²) in [4.78, 5) is 2.78. The Balaban J connectivity index is 1.78. The maximum atomic E-state index is 3.78. The molecule has 2 nitrogen and oxygen atoms in total. The monoisotopic (exact) mass is 286 g/mol. The van der Waals surface area contributed by atoms with Crippen LogP contribution < -0.4 is 5.32 Å². The van der Waals surface area contributed by atoms with Crippen molar-refractivity contribution in [2.75, 3.05) is 13.1 Å². The first-order valence-corrected chi connectivity index (χ1v) is 8.61. The highest BCUT2D eigenvalue weighted by molar-refractivity contribution is 5.23. The molecule has 21 heavy (non-hydrogen) atoms. The largest absolute Gasteiger partial charge is 0.309 e. The van der Waals surface area contributed by atoms with Crippen molar-refractivity contribution >= 4 is 0 Å². The number of hydrogen-bond donors (Lipinski definition) is 1. The van der Waals surface area contributed by atoms with Gasteiger partial charge in [0.2, 0.25) is 0 Å². The quantitative estimate of drug-likeness (QED) is 0.910. The molecular weight excluding hydrogens is 256 g/mol. The van der Waals surface area contributed by atoms with E-state index >= 15 is 0 Å². The van der Waals surface area contributed by atoms with Crippen LogP contribution in [0.1, 0.15) is 57.6 Å². The van der Waals surface area contributed by atoms with Crippen molar-refractivity contribution in [3.63, 3.8) is 0 Å². The van der Waals surface area contributed by atoms with Gasteiger partial charge >= 0.3 is 0 Å². The van der Waals surface area contributed by atoms with Crippen LogP contribution in [0.5, 0.6) is 0 Å². The number of benzene rings is 1. The van der Waals surface area contributed by atoms with Crippen LogP contribution in [0.25, 0.3) is 0 Å². The Bertz CT molecular complexity index is 469. The highest BCUT2D eigenvalue weighted by Gasteiger charge is 2.45. The first-order chi connectivity index (χ1) is 10.0. The summed E-state index contributed by atoms with van der Waals surface area (Å²) in [5.41, 5.74) is 3.56. The Morgan fingerprint density at radius 3 is 2.29 bits per heavy atom. The number of piperazine rings is 1. The van der Waals surface area contributed by atoms with Crippen LogP contribution in [0.2, 0.25) is 0 Å². The molecule has 2 heteroatoms. The number of nitrogens with one attached hydrogen (secondary N) is 1. The van der Waals surface area contributed by atoms with Crippen molar-refractivity contribution in [2.45, 2.75) is 70.5 Å². The van der Waals surface area contributed by atoms with Gasteiger partial charge in [-0.15, -0.1) is 0 Å². The molecule has 0 radical (unpaired) electrons. The van der Waals surface area contributed by atoms with Gasteiger partial charge in [-0.1, -0.05) is 44.0 Å². The molecule has 1 spiro atoms. The number of nitrogens with zero attached hydrogens (tertiary/aromatic N) is 1. The molecule has 1 aromatic rings. The van der Waals surface area contributed by atoms with E-state index in [0.717, 1.165) is 26.1 Å². The third kappa shape index (κ3) is 3.17. The second-order valence-electron chi connectivity index (χ2n) is 7.69. The third-order valence-electron chi connectivity index (χ3n) is 5.49. The van der Waals surface area contributed by atoms with E-state index in [9.17, 15) is 0 Å². The molecule has 3 rings (SSSR count). The fourth-order valence-electron chi connectivity index (χ4n) is 4.07. The molecule has 116 valence electrons. The lowest BCUT2D eigenvalue weighted by atomic mass is 9.86. The van der Waals surface area contributed by atoms with Gasteiger partial charge in [-0.25, -0.2) is 0 Å². The Morgan fingerprint density at radius 2 is 1.67 bits per heavy atom. The summed E-state index contributed by atoms with van der Waals surface area (Å²) in [6.45, 7) is 10.3. The molecule has 0 unspecified atom stereocenters. The Kier molecular flexibility index (Phi) is 4.11. The van der Waals surface area contributed by atoms with Crippen LogP contribution in [0.3, 0.4) is 0 Å². The molecule has 0 bridgehead atoms. The fraction of sp³-hybridized carbons (Fsp3) is 0.684. The zero-order chi connectivity index (χ0) is 14.9. The van der Waals surface area contributed by atoms with E-state index in [1.807, 2.05) is 0 Å². The normalized spacial score (nSPS) is 24.5. The summed E-state index contributed by atoms with van der Waals surface area (Å²) in [7, 11) is 0. The lowest BCUT2D eigenvalue weighted by Crippen LogP contribution is -2.66. The predicted molar refractivity (Wildman–Crippen MR) is 89.5 cm³/mol. The smallest absolute Gasteiger partial charge is 0.0338 e. The van der Waals surface area contributed by atoms with Crippen LogP contribution in [0.4, 0.5) is 0 Å². The number of aryl methyl sites for hydroxylation is 1. The van der Waals surface area contributed by atoms with E-state index in [-0.39, 0.29) is 5.54 Å². The lowest BCUT2D eigenvalue weighted by Gasteiger charge is -2.51. The van der Waals surface area contributed by atoms with Crippen LogP contribution in [0, 0.1) is 0 Å². The van der Waals surface area contributed by atoms with Crippen LogP contribution in [-0.2, 0) is 13.0 Å². The molecule has 2 fully saturated rings. The van der Waals surface area contributed by atoms with Gasteiger partial charge in [0.25, 0.3) is 0 Å². The molecular formula is C19H30N2. The van der Waals surface area contributed by atoms with E-state index in [2.05, 4.69) is 55.3 Å². The maximum absolute atomic E-state index is 3.78. The molecule has 1 saturated heterocycles. The summed E-state index contributed by atoms with van der Waals surface area (Å²) in [6.07, 6.45) is 6.65. The van der Waals surface area contributed by atoms with Gasteiger partial charge in [-0.3, -0.25) is 4.90 Å². The molecule has 0 atom stereocenters. The highest BCUT2D eigenvalue weighted by Crippen LogP contribution is 2.39. The van der Waals surface area contributed by atoms with Gasteiger partial charge < -0.3 is 5.32 Å². The maximum Gasteiger partial charge on any atom is 0.0338 e. The van der Waals surface area contributed by atoms with Gasteiger partial charge in [0.15, 0.2) is 0 Å². The van der Waals surface area contributed by atoms with Gasteiger partial charge in [-0.05, 0) is 44.2 Å². The van der Waals surface area contributed by atoms with Gasteiger partial charge in [-0.2, -0.15) is 0 Å². The van der Waals surface area contributed by atoms with Crippen molar-refractivity contribution in [3.05, 3.63) is 35.4 Å². The molecule has 1 N–H and O–H groups in total.